The monoisotopic (exact) mass is 269 g/mol. The average Bonchev–Trinajstić information content (AvgIpc) is 2.80. The molecule has 0 aliphatic rings. The van der Waals surface area contributed by atoms with E-state index < -0.39 is 0 Å². The number of nitrogens with zero attached hydrogens (tertiary/aromatic N) is 2. The van der Waals surface area contributed by atoms with Gasteiger partial charge in [-0.1, -0.05) is 39.3 Å². The van der Waals surface area contributed by atoms with Crippen molar-refractivity contribution in [1.82, 2.24) is 15.5 Å². The van der Waals surface area contributed by atoms with Gasteiger partial charge in [-0.15, -0.1) is 0 Å². The Labute approximate surface area is 116 Å². The Morgan fingerprint density at radius 3 is 2.53 bits per heavy atom. The minimum Gasteiger partial charge on any atom is -0.373 e. The van der Waals surface area contributed by atoms with Gasteiger partial charge in [0.25, 0.3) is 0 Å². The molecule has 0 aliphatic carbocycles. The van der Waals surface area contributed by atoms with E-state index in [9.17, 15) is 0 Å². The van der Waals surface area contributed by atoms with Gasteiger partial charge in [-0.3, -0.25) is 0 Å². The molecule has 0 saturated carbocycles. The molecule has 2 unspecified atom stereocenters. The molecule has 2 atom stereocenters. The Balaban J connectivity index is 2.73. The number of hydrogen-bond acceptors (Lipinski definition) is 5. The molecule has 0 amide bonds. The Bertz CT molecular complexity index is 371. The van der Waals surface area contributed by atoms with Crippen LogP contribution in [-0.4, -0.2) is 30.3 Å². The molecule has 5 nitrogen and oxygen atoms in total. The third-order valence-corrected chi connectivity index (χ3v) is 3.38. The fraction of sp³-hybridized carbons (Fsp3) is 0.857. The molecule has 110 valence electrons. The minimum absolute atomic E-state index is 0.0647. The van der Waals surface area contributed by atoms with Crippen molar-refractivity contribution in [3.8, 4) is 0 Å². The summed E-state index contributed by atoms with van der Waals surface area (Å²) < 4.78 is 10.7. The number of nitrogens with one attached hydrogen (secondary N) is 1. The summed E-state index contributed by atoms with van der Waals surface area (Å²) >= 11 is 0. The van der Waals surface area contributed by atoms with Gasteiger partial charge in [-0.05, 0) is 18.9 Å². The SMILES string of the molecule is CCCC(OC)c1noc(CC(NC)C(C)(C)C)n1. The molecule has 5 heteroatoms. The molecular weight excluding hydrogens is 242 g/mol. The third-order valence-electron chi connectivity index (χ3n) is 3.38. The minimum atomic E-state index is -0.0647. The van der Waals surface area contributed by atoms with Crippen molar-refractivity contribution in [3.05, 3.63) is 11.7 Å². The van der Waals surface area contributed by atoms with E-state index in [-0.39, 0.29) is 11.5 Å². The van der Waals surface area contributed by atoms with Crippen LogP contribution in [0.15, 0.2) is 4.52 Å². The number of methoxy groups -OCH3 is 1. The molecule has 1 aromatic heterocycles. The summed E-state index contributed by atoms with van der Waals surface area (Å²) in [5, 5.41) is 7.35. The molecule has 0 saturated heterocycles. The van der Waals surface area contributed by atoms with E-state index >= 15 is 0 Å². The van der Waals surface area contributed by atoms with Gasteiger partial charge in [0.05, 0.1) is 0 Å². The van der Waals surface area contributed by atoms with E-state index in [0.29, 0.717) is 17.8 Å². The van der Waals surface area contributed by atoms with Crippen molar-refractivity contribution in [2.75, 3.05) is 14.2 Å². The first kappa shape index (κ1) is 16.1. The van der Waals surface area contributed by atoms with Gasteiger partial charge in [-0.25, -0.2) is 0 Å². The van der Waals surface area contributed by atoms with Gasteiger partial charge in [0, 0.05) is 19.6 Å². The van der Waals surface area contributed by atoms with Crippen LogP contribution < -0.4 is 5.32 Å². The average molecular weight is 269 g/mol. The van der Waals surface area contributed by atoms with Crippen LogP contribution >= 0.6 is 0 Å². The van der Waals surface area contributed by atoms with Gasteiger partial charge in [-0.2, -0.15) is 4.98 Å². The predicted octanol–water partition coefficient (Wildman–Crippen LogP) is 2.73. The van der Waals surface area contributed by atoms with Gasteiger partial charge in [0.15, 0.2) is 0 Å². The van der Waals surface area contributed by atoms with Gasteiger partial charge in [0.1, 0.15) is 6.10 Å². The Morgan fingerprint density at radius 2 is 2.05 bits per heavy atom. The van der Waals surface area contributed by atoms with E-state index in [4.69, 9.17) is 9.26 Å². The topological polar surface area (TPSA) is 60.2 Å². The van der Waals surface area contributed by atoms with Crippen LogP contribution in [0.25, 0.3) is 0 Å². The van der Waals surface area contributed by atoms with Crippen LogP contribution in [0.2, 0.25) is 0 Å². The summed E-state index contributed by atoms with van der Waals surface area (Å²) in [5.74, 6) is 1.32. The predicted molar refractivity (Wildman–Crippen MR) is 75.0 cm³/mol. The maximum Gasteiger partial charge on any atom is 0.228 e. The van der Waals surface area contributed by atoms with Crippen molar-refractivity contribution in [2.45, 2.75) is 59.1 Å². The highest BCUT2D eigenvalue weighted by atomic mass is 16.5. The summed E-state index contributed by atoms with van der Waals surface area (Å²) in [6, 6.07) is 0.299. The largest absolute Gasteiger partial charge is 0.373 e. The quantitative estimate of drug-likeness (QED) is 0.824. The van der Waals surface area contributed by atoms with Crippen LogP contribution in [-0.2, 0) is 11.2 Å². The van der Waals surface area contributed by atoms with Gasteiger partial charge in [0.2, 0.25) is 11.7 Å². The first-order chi connectivity index (χ1) is 8.92. The molecule has 0 aliphatic heterocycles. The zero-order chi connectivity index (χ0) is 14.5. The van der Waals surface area contributed by atoms with Crippen molar-refractivity contribution in [3.63, 3.8) is 0 Å². The Hall–Kier alpha value is -0.940. The fourth-order valence-corrected chi connectivity index (χ4v) is 2.11. The lowest BCUT2D eigenvalue weighted by atomic mass is 9.85. The normalized spacial score (nSPS) is 15.5. The van der Waals surface area contributed by atoms with Crippen LogP contribution in [0.3, 0.4) is 0 Å². The fourth-order valence-electron chi connectivity index (χ4n) is 2.11. The number of rotatable bonds is 7. The van der Waals surface area contributed by atoms with Gasteiger partial charge >= 0.3 is 0 Å². The first-order valence-electron chi connectivity index (χ1n) is 6.94. The second kappa shape index (κ2) is 7.01. The van der Waals surface area contributed by atoms with Crippen molar-refractivity contribution >= 4 is 0 Å². The molecule has 1 rings (SSSR count). The van der Waals surface area contributed by atoms with Crippen molar-refractivity contribution < 1.29 is 9.26 Å². The standard InChI is InChI=1S/C14H27N3O2/c1-7-8-10(18-6)13-16-12(19-17-13)9-11(15-5)14(2,3)4/h10-11,15H,7-9H2,1-6H3. The summed E-state index contributed by atoms with van der Waals surface area (Å²) in [5.41, 5.74) is 0.146. The van der Waals surface area contributed by atoms with Crippen molar-refractivity contribution in [2.24, 2.45) is 5.41 Å². The lowest BCUT2D eigenvalue weighted by Gasteiger charge is -2.29. The summed E-state index contributed by atoms with van der Waals surface area (Å²) in [6.07, 6.45) is 2.61. The third kappa shape index (κ3) is 4.58. The highest BCUT2D eigenvalue weighted by Gasteiger charge is 2.26. The molecule has 1 heterocycles. The molecule has 1 aromatic rings. The van der Waals surface area contributed by atoms with E-state index in [1.165, 1.54) is 0 Å². The number of likely N-dealkylation sites (N-methyl/N-ethyl adjacent to an activating group) is 1. The molecule has 0 bridgehead atoms. The Morgan fingerprint density at radius 1 is 1.37 bits per heavy atom. The molecule has 0 aromatic carbocycles. The molecule has 0 fully saturated rings. The zero-order valence-corrected chi connectivity index (χ0v) is 13.0. The van der Waals surface area contributed by atoms with E-state index in [1.54, 1.807) is 7.11 Å². The van der Waals surface area contributed by atoms with E-state index in [0.717, 1.165) is 19.3 Å². The molecular formula is C14H27N3O2. The summed E-state index contributed by atoms with van der Waals surface area (Å²) in [4.78, 5) is 4.46. The first-order valence-corrected chi connectivity index (χ1v) is 6.94. The maximum atomic E-state index is 5.39. The lowest BCUT2D eigenvalue weighted by molar-refractivity contribution is 0.0854. The van der Waals surface area contributed by atoms with E-state index in [2.05, 4.69) is 43.2 Å². The number of aromatic nitrogens is 2. The molecule has 0 spiro atoms. The number of hydrogen-bond donors (Lipinski definition) is 1. The molecule has 19 heavy (non-hydrogen) atoms. The second-order valence-corrected chi connectivity index (χ2v) is 5.97. The summed E-state index contributed by atoms with van der Waals surface area (Å²) in [7, 11) is 3.64. The maximum absolute atomic E-state index is 5.39. The van der Waals surface area contributed by atoms with Crippen LogP contribution in [0.5, 0.6) is 0 Å². The highest BCUT2D eigenvalue weighted by molar-refractivity contribution is 4.95. The van der Waals surface area contributed by atoms with Gasteiger partial charge < -0.3 is 14.6 Å². The molecule has 1 N–H and O–H groups in total. The Kier molecular flexibility index (Phi) is 5.94. The van der Waals surface area contributed by atoms with E-state index in [1.807, 2.05) is 7.05 Å². The zero-order valence-electron chi connectivity index (χ0n) is 13.0. The van der Waals surface area contributed by atoms with Crippen LogP contribution in [0, 0.1) is 5.41 Å². The summed E-state index contributed by atoms with van der Waals surface area (Å²) in [6.45, 7) is 8.70. The molecule has 0 radical (unpaired) electrons. The smallest absolute Gasteiger partial charge is 0.228 e. The highest BCUT2D eigenvalue weighted by Crippen LogP contribution is 2.23. The van der Waals surface area contributed by atoms with Crippen LogP contribution in [0.4, 0.5) is 0 Å². The number of ether oxygens (including phenoxy) is 1. The lowest BCUT2D eigenvalue weighted by Crippen LogP contribution is -2.39. The van der Waals surface area contributed by atoms with Crippen molar-refractivity contribution in [1.29, 1.82) is 0 Å². The second-order valence-electron chi connectivity index (χ2n) is 5.97. The van der Waals surface area contributed by atoms with Crippen LogP contribution in [0.1, 0.15) is 58.4 Å².